The van der Waals surface area contributed by atoms with Crippen LogP contribution in [-0.2, 0) is 9.53 Å². The molecule has 3 heterocycles. The number of nitrogens with one attached hydrogen (secondary N) is 2. The predicted molar refractivity (Wildman–Crippen MR) is 131 cm³/mol. The van der Waals surface area contributed by atoms with Gasteiger partial charge in [-0.2, -0.15) is 4.52 Å². The molecule has 1 amide bonds. The summed E-state index contributed by atoms with van der Waals surface area (Å²) in [6, 6.07) is 7.83. The quantitative estimate of drug-likeness (QED) is 0.519. The fraction of sp³-hybridized carbons (Fsp3) is 0.522. The van der Waals surface area contributed by atoms with Crippen LogP contribution < -0.4 is 20.3 Å². The minimum Gasteiger partial charge on any atom is -0.497 e. The van der Waals surface area contributed by atoms with E-state index in [0.717, 1.165) is 52.4 Å². The molecule has 2 N–H and O–H groups in total. The molecule has 0 aliphatic carbocycles. The summed E-state index contributed by atoms with van der Waals surface area (Å²) >= 11 is 1.45. The van der Waals surface area contributed by atoms with Gasteiger partial charge in [0.1, 0.15) is 11.4 Å². The van der Waals surface area contributed by atoms with Crippen LogP contribution in [0, 0.1) is 0 Å². The van der Waals surface area contributed by atoms with Crippen molar-refractivity contribution in [1.29, 1.82) is 0 Å². The molecular formula is C23H32N6O3S. The molecule has 3 aromatic rings. The number of carbonyl (C=O) groups is 1. The highest BCUT2D eigenvalue weighted by Crippen LogP contribution is 2.35. The van der Waals surface area contributed by atoms with Gasteiger partial charge in [0.15, 0.2) is 5.82 Å². The van der Waals surface area contributed by atoms with Crippen molar-refractivity contribution in [2.24, 2.45) is 0 Å². The van der Waals surface area contributed by atoms with Gasteiger partial charge in [-0.3, -0.25) is 4.79 Å². The molecule has 1 fully saturated rings. The van der Waals surface area contributed by atoms with E-state index in [2.05, 4.69) is 31.4 Å². The molecule has 9 nitrogen and oxygen atoms in total. The van der Waals surface area contributed by atoms with E-state index in [1.54, 1.807) is 7.11 Å². The van der Waals surface area contributed by atoms with Gasteiger partial charge in [-0.1, -0.05) is 11.3 Å². The lowest BCUT2D eigenvalue weighted by molar-refractivity contribution is -0.120. The van der Waals surface area contributed by atoms with Gasteiger partial charge in [0.25, 0.3) is 0 Å². The molecule has 0 unspecified atom stereocenters. The first-order chi connectivity index (χ1) is 15.7. The second-order valence-corrected chi connectivity index (χ2v) is 10.2. The lowest BCUT2D eigenvalue weighted by Gasteiger charge is -2.22. The fourth-order valence-electron chi connectivity index (χ4n) is 3.68. The van der Waals surface area contributed by atoms with Crippen LogP contribution >= 0.6 is 11.3 Å². The predicted octanol–water partition coefficient (Wildman–Crippen LogP) is 3.41. The second kappa shape index (κ2) is 9.56. The Morgan fingerprint density at radius 3 is 2.73 bits per heavy atom. The third-order valence-electron chi connectivity index (χ3n) is 5.31. The molecule has 178 valence electrons. The second-order valence-electron chi connectivity index (χ2n) is 9.29. The molecule has 1 aliphatic rings. The molecule has 10 heteroatoms. The largest absolute Gasteiger partial charge is 0.497 e. The van der Waals surface area contributed by atoms with Gasteiger partial charge in [0.05, 0.1) is 19.8 Å². The summed E-state index contributed by atoms with van der Waals surface area (Å²) in [5, 5.41) is 12.0. The number of hydrogen-bond donors (Lipinski definition) is 2. The van der Waals surface area contributed by atoms with Gasteiger partial charge in [0, 0.05) is 31.3 Å². The fourth-order valence-corrected chi connectivity index (χ4v) is 4.54. The van der Waals surface area contributed by atoms with E-state index in [4.69, 9.17) is 19.6 Å². The number of likely N-dealkylation sites (N-methyl/N-ethyl adjacent to an activating group) is 1. The first kappa shape index (κ1) is 23.3. The lowest BCUT2D eigenvalue weighted by atomic mass is 10.1. The molecule has 1 aromatic carbocycles. The Hall–Kier alpha value is -2.85. The maximum Gasteiger partial charge on any atom is 0.239 e. The van der Waals surface area contributed by atoms with E-state index in [1.807, 2.05) is 40.7 Å². The lowest BCUT2D eigenvalue weighted by Crippen LogP contribution is -2.38. The summed E-state index contributed by atoms with van der Waals surface area (Å²) in [6.45, 7) is 7.85. The van der Waals surface area contributed by atoms with Gasteiger partial charge in [-0.15, -0.1) is 5.10 Å². The number of ether oxygens (including phenoxy) is 2. The van der Waals surface area contributed by atoms with E-state index in [9.17, 15) is 4.79 Å². The molecule has 0 bridgehead atoms. The number of amides is 1. The third kappa shape index (κ3) is 5.56. The van der Waals surface area contributed by atoms with Gasteiger partial charge in [0.2, 0.25) is 16.0 Å². The van der Waals surface area contributed by atoms with E-state index in [1.165, 1.54) is 11.3 Å². The topological polar surface area (TPSA) is 93.0 Å². The van der Waals surface area contributed by atoms with Crippen LogP contribution in [0.4, 0.5) is 10.9 Å². The molecule has 0 spiro atoms. The van der Waals surface area contributed by atoms with Crippen LogP contribution in [0.3, 0.4) is 0 Å². The molecule has 4 rings (SSSR count). The van der Waals surface area contributed by atoms with Gasteiger partial charge < -0.3 is 25.0 Å². The molecule has 1 saturated heterocycles. The Balaban J connectivity index is 1.55. The highest BCUT2D eigenvalue weighted by atomic mass is 32.1. The third-order valence-corrected chi connectivity index (χ3v) is 6.33. The normalized spacial score (nSPS) is 16.2. The average Bonchev–Trinajstić information content (AvgIpc) is 3.49. The van der Waals surface area contributed by atoms with Crippen molar-refractivity contribution in [3.63, 3.8) is 0 Å². The number of anilines is 2. The number of hydrogen-bond acceptors (Lipinski definition) is 8. The number of methoxy groups -OCH3 is 1. The van der Waals surface area contributed by atoms with Crippen LogP contribution in [0.5, 0.6) is 5.75 Å². The highest BCUT2D eigenvalue weighted by Gasteiger charge is 2.24. The molecule has 0 radical (unpaired) electrons. The van der Waals surface area contributed by atoms with Crippen molar-refractivity contribution >= 4 is 33.2 Å². The maximum atomic E-state index is 12.4. The minimum absolute atomic E-state index is 0.0483. The Morgan fingerprint density at radius 1 is 1.33 bits per heavy atom. The molecule has 0 saturated carbocycles. The molecule has 1 aliphatic heterocycles. The van der Waals surface area contributed by atoms with Crippen molar-refractivity contribution in [1.82, 2.24) is 19.9 Å². The monoisotopic (exact) mass is 472 g/mol. The van der Waals surface area contributed by atoms with Crippen LogP contribution in [0.25, 0.3) is 16.2 Å². The number of imidazole rings is 1. The molecular weight excluding hydrogens is 440 g/mol. The van der Waals surface area contributed by atoms with E-state index in [0.29, 0.717) is 6.54 Å². The van der Waals surface area contributed by atoms with Crippen molar-refractivity contribution in [3.8, 4) is 17.0 Å². The van der Waals surface area contributed by atoms with Crippen LogP contribution in [-0.4, -0.2) is 66.0 Å². The number of rotatable bonds is 8. The summed E-state index contributed by atoms with van der Waals surface area (Å²) < 4.78 is 12.7. The van der Waals surface area contributed by atoms with Gasteiger partial charge in [-0.25, -0.2) is 4.98 Å². The van der Waals surface area contributed by atoms with E-state index in [-0.39, 0.29) is 24.1 Å². The minimum atomic E-state index is -0.185. The molecule has 1 atom stereocenters. The number of fused-ring (bicyclic) bond motifs is 1. The number of carbonyl (C=O) groups excluding carboxylic acids is 1. The van der Waals surface area contributed by atoms with Crippen molar-refractivity contribution in [2.45, 2.75) is 45.3 Å². The summed E-state index contributed by atoms with van der Waals surface area (Å²) in [7, 11) is 3.52. The summed E-state index contributed by atoms with van der Waals surface area (Å²) in [6.07, 6.45) is 2.19. The maximum absolute atomic E-state index is 12.4. The Morgan fingerprint density at radius 2 is 2.09 bits per heavy atom. The van der Waals surface area contributed by atoms with Crippen molar-refractivity contribution in [3.05, 3.63) is 24.3 Å². The Labute approximate surface area is 198 Å². The van der Waals surface area contributed by atoms with Gasteiger partial charge in [-0.05, 0) is 57.9 Å². The summed E-state index contributed by atoms with van der Waals surface area (Å²) in [5.74, 6) is 1.57. The standard InChI is InChI=1S/C23H32N6O3S/c1-23(2,3)26-20-19(15-8-10-16(31-5)11-9-15)25-21-29(20)27-22(33-21)28(4)14-18(30)24-13-17-7-6-12-32-17/h8-11,17,26H,6-7,12-14H2,1-5H3,(H,24,30)/t17-/m1/s1. The highest BCUT2D eigenvalue weighted by molar-refractivity contribution is 7.20. The number of nitrogens with zero attached hydrogens (tertiary/aromatic N) is 4. The number of aromatic nitrogens is 3. The summed E-state index contributed by atoms with van der Waals surface area (Å²) in [4.78, 5) is 19.9. The molecule has 2 aromatic heterocycles. The zero-order valence-electron chi connectivity index (χ0n) is 19.8. The Bertz CT molecular complexity index is 1100. The van der Waals surface area contributed by atoms with E-state index >= 15 is 0 Å². The van der Waals surface area contributed by atoms with Crippen molar-refractivity contribution in [2.75, 3.05) is 44.1 Å². The first-order valence-corrected chi connectivity index (χ1v) is 12.0. The van der Waals surface area contributed by atoms with E-state index < -0.39 is 0 Å². The first-order valence-electron chi connectivity index (χ1n) is 11.1. The SMILES string of the molecule is COc1ccc(-c2nc3sc(N(C)CC(=O)NC[C@H]4CCCO4)nn3c2NC(C)(C)C)cc1. The van der Waals surface area contributed by atoms with Crippen LogP contribution in [0.2, 0.25) is 0 Å². The van der Waals surface area contributed by atoms with Crippen LogP contribution in [0.1, 0.15) is 33.6 Å². The average molecular weight is 473 g/mol. The molecule has 33 heavy (non-hydrogen) atoms. The smallest absolute Gasteiger partial charge is 0.239 e. The Kier molecular flexibility index (Phi) is 6.76. The zero-order chi connectivity index (χ0) is 23.6. The number of benzene rings is 1. The van der Waals surface area contributed by atoms with Crippen LogP contribution in [0.15, 0.2) is 24.3 Å². The zero-order valence-corrected chi connectivity index (χ0v) is 20.7. The summed E-state index contributed by atoms with van der Waals surface area (Å²) in [5.41, 5.74) is 1.62. The van der Waals surface area contributed by atoms with Crippen molar-refractivity contribution < 1.29 is 14.3 Å². The van der Waals surface area contributed by atoms with Gasteiger partial charge >= 0.3 is 0 Å².